The maximum Gasteiger partial charge on any atom is 0.263 e. The summed E-state index contributed by atoms with van der Waals surface area (Å²) in [6.07, 6.45) is 10.6. The van der Waals surface area contributed by atoms with Crippen molar-refractivity contribution in [2.75, 3.05) is 44.7 Å². The number of fused-ring (bicyclic) bond motifs is 1. The van der Waals surface area contributed by atoms with Gasteiger partial charge in [-0.15, -0.1) is 0 Å². The molecule has 258 valence electrons. The fourth-order valence-corrected chi connectivity index (χ4v) is 6.54. The lowest BCUT2D eigenvalue weighted by Crippen LogP contribution is -3.00. The van der Waals surface area contributed by atoms with Crippen LogP contribution in [-0.2, 0) is 0 Å². The molecule has 0 N–H and O–H groups in total. The first-order valence-electron chi connectivity index (χ1n) is 16.5. The van der Waals surface area contributed by atoms with Crippen molar-refractivity contribution in [3.63, 3.8) is 0 Å². The van der Waals surface area contributed by atoms with Gasteiger partial charge in [0.25, 0.3) is 5.91 Å². The summed E-state index contributed by atoms with van der Waals surface area (Å²) in [5.74, 6) is -3.80. The maximum absolute atomic E-state index is 14.4. The summed E-state index contributed by atoms with van der Waals surface area (Å²) in [5.41, 5.74) is -0.721. The number of halogens is 5. The molecule has 2 heterocycles. The van der Waals surface area contributed by atoms with Crippen molar-refractivity contribution in [3.05, 3.63) is 99.8 Å². The molecule has 0 bridgehead atoms. The Hall–Kier alpha value is -3.70. The van der Waals surface area contributed by atoms with Gasteiger partial charge in [0, 0.05) is 42.0 Å². The number of rotatable bonds is 13. The second kappa shape index (κ2) is 16.6. The number of ether oxygens (including phenoxy) is 1. The van der Waals surface area contributed by atoms with E-state index in [2.05, 4.69) is 7.05 Å². The molecule has 11 heteroatoms. The fourth-order valence-electron chi connectivity index (χ4n) is 6.54. The molecule has 1 amide bonds. The number of piperidine rings is 1. The van der Waals surface area contributed by atoms with Gasteiger partial charge in [-0.2, -0.15) is 0 Å². The fraction of sp³-hybridized carbons (Fsp3) is 0.405. The molecule has 3 aromatic carbocycles. The summed E-state index contributed by atoms with van der Waals surface area (Å²) < 4.78 is 65.3. The Bertz CT molecular complexity index is 1750. The van der Waals surface area contributed by atoms with Crippen LogP contribution in [0, 0.1) is 23.3 Å². The summed E-state index contributed by atoms with van der Waals surface area (Å²) in [7, 11) is 2.37. The van der Waals surface area contributed by atoms with Gasteiger partial charge in [0.05, 0.1) is 44.5 Å². The van der Waals surface area contributed by atoms with Gasteiger partial charge < -0.3 is 35.7 Å². The Kier molecular flexibility index (Phi) is 12.8. The molecule has 0 atom stereocenters. The number of quaternary nitrogens is 1. The van der Waals surface area contributed by atoms with Crippen molar-refractivity contribution in [3.8, 4) is 11.4 Å². The highest BCUT2D eigenvalue weighted by Gasteiger charge is 2.25. The number of amides is 1. The maximum atomic E-state index is 14.4. The van der Waals surface area contributed by atoms with Crippen molar-refractivity contribution in [1.29, 1.82) is 0 Å². The van der Waals surface area contributed by atoms with Crippen LogP contribution in [0.3, 0.4) is 0 Å². The van der Waals surface area contributed by atoms with Crippen LogP contribution in [0.25, 0.3) is 16.6 Å². The van der Waals surface area contributed by atoms with Crippen LogP contribution in [0.1, 0.15) is 68.6 Å². The second-order valence-corrected chi connectivity index (χ2v) is 12.7. The number of carbonyl (C=O) groups excluding carboxylic acids is 1. The molecule has 48 heavy (non-hydrogen) atoms. The standard InChI is InChI=1S/C37H42F4N3O3.BrH/c1-3-42(30-20-26(38)18-27(39)21-30)37(46)34-25-43(31-22-28(40)19-29(41)23-31)35-24-32(12-13-33(35)36(34)45)47-17-11-6-4-5-8-14-44(2)15-9-7-10-16-44;/h12-13,18-25H,3-11,14-17H2,1-2H3;1H/q+1;/p-1. The average Bonchev–Trinajstić information content (AvgIpc) is 3.02. The third kappa shape index (κ3) is 9.05. The predicted octanol–water partition coefficient (Wildman–Crippen LogP) is 5.18. The molecule has 5 rings (SSSR count). The van der Waals surface area contributed by atoms with E-state index in [1.165, 1.54) is 73.1 Å². The SMILES string of the molecule is CCN(C(=O)c1cn(-c2cc(F)cc(F)c2)c2cc(OCCCCCCC[N+]3(C)CCCCC3)ccc2c1=O)c1cc(F)cc(F)c1.[Br-]. The summed E-state index contributed by atoms with van der Waals surface area (Å²) in [4.78, 5) is 28.5. The van der Waals surface area contributed by atoms with E-state index in [9.17, 15) is 27.2 Å². The zero-order valence-corrected chi connectivity index (χ0v) is 29.0. The van der Waals surface area contributed by atoms with Crippen LogP contribution in [0.15, 0.2) is 65.6 Å². The molecule has 0 aliphatic carbocycles. The third-order valence-corrected chi connectivity index (χ3v) is 9.06. The number of pyridine rings is 1. The average molecular weight is 733 g/mol. The van der Waals surface area contributed by atoms with Gasteiger partial charge in [-0.25, -0.2) is 17.6 Å². The highest BCUT2D eigenvalue weighted by atomic mass is 79.9. The summed E-state index contributed by atoms with van der Waals surface area (Å²) in [6, 6.07) is 10.3. The lowest BCUT2D eigenvalue weighted by atomic mass is 10.1. The second-order valence-electron chi connectivity index (χ2n) is 12.7. The molecule has 1 aliphatic rings. The Labute approximate surface area is 289 Å². The van der Waals surface area contributed by atoms with Gasteiger partial charge in [-0.05, 0) is 81.8 Å². The molecule has 1 fully saturated rings. The first-order chi connectivity index (χ1) is 22.6. The molecule has 0 radical (unpaired) electrons. The molecule has 1 aliphatic heterocycles. The largest absolute Gasteiger partial charge is 1.00 e. The molecule has 4 aromatic rings. The minimum atomic E-state index is -0.881. The molecule has 0 saturated carbocycles. The quantitative estimate of drug-likeness (QED) is 0.108. The summed E-state index contributed by atoms with van der Waals surface area (Å²) in [6.45, 7) is 5.86. The molecule has 1 saturated heterocycles. The number of nitrogens with zero attached hydrogens (tertiary/aromatic N) is 3. The van der Waals surface area contributed by atoms with Crippen molar-refractivity contribution in [2.45, 2.75) is 58.3 Å². The van der Waals surface area contributed by atoms with Crippen LogP contribution >= 0.6 is 0 Å². The molecular formula is C37H42BrF4N3O3. The van der Waals surface area contributed by atoms with Crippen molar-refractivity contribution < 1.29 is 48.6 Å². The van der Waals surface area contributed by atoms with Gasteiger partial charge in [-0.1, -0.05) is 12.8 Å². The predicted molar refractivity (Wildman–Crippen MR) is 176 cm³/mol. The first kappa shape index (κ1) is 37.1. The summed E-state index contributed by atoms with van der Waals surface area (Å²) >= 11 is 0. The van der Waals surface area contributed by atoms with Crippen LogP contribution in [0.4, 0.5) is 23.2 Å². The van der Waals surface area contributed by atoms with E-state index in [4.69, 9.17) is 4.74 Å². The van der Waals surface area contributed by atoms with Crippen LogP contribution < -0.4 is 32.0 Å². The molecule has 6 nitrogen and oxygen atoms in total. The van der Waals surface area contributed by atoms with E-state index in [1.54, 1.807) is 19.1 Å². The molecular weight excluding hydrogens is 690 g/mol. The number of unbranched alkanes of at least 4 members (excludes halogenated alkanes) is 4. The minimum absolute atomic E-state index is 0. The molecule has 1 aromatic heterocycles. The number of hydrogen-bond acceptors (Lipinski definition) is 3. The Morgan fingerprint density at radius 2 is 1.44 bits per heavy atom. The van der Waals surface area contributed by atoms with E-state index in [0.717, 1.165) is 54.5 Å². The Morgan fingerprint density at radius 3 is 2.08 bits per heavy atom. The number of benzene rings is 3. The first-order valence-corrected chi connectivity index (χ1v) is 16.5. The van der Waals surface area contributed by atoms with Gasteiger partial charge in [0.15, 0.2) is 0 Å². The number of carbonyl (C=O) groups is 1. The van der Waals surface area contributed by atoms with Crippen LogP contribution in [-0.4, -0.2) is 54.8 Å². The smallest absolute Gasteiger partial charge is 0.263 e. The lowest BCUT2D eigenvalue weighted by Gasteiger charge is -2.37. The van der Waals surface area contributed by atoms with Crippen molar-refractivity contribution >= 4 is 22.5 Å². The summed E-state index contributed by atoms with van der Waals surface area (Å²) in [5, 5.41) is 0.111. The zero-order chi connectivity index (χ0) is 33.6. The number of likely N-dealkylation sites (tertiary alicyclic amines) is 1. The highest BCUT2D eigenvalue weighted by Crippen LogP contribution is 2.26. The zero-order valence-electron chi connectivity index (χ0n) is 27.4. The highest BCUT2D eigenvalue weighted by molar-refractivity contribution is 6.07. The van der Waals surface area contributed by atoms with E-state index >= 15 is 0 Å². The van der Waals surface area contributed by atoms with Gasteiger partial charge >= 0.3 is 0 Å². The minimum Gasteiger partial charge on any atom is -1.00 e. The van der Waals surface area contributed by atoms with E-state index in [0.29, 0.717) is 18.4 Å². The Balaban J connectivity index is 0.00000520. The van der Waals surface area contributed by atoms with Gasteiger partial charge in [-0.3, -0.25) is 9.59 Å². The third-order valence-electron chi connectivity index (χ3n) is 9.06. The van der Waals surface area contributed by atoms with Crippen molar-refractivity contribution in [1.82, 2.24) is 4.57 Å². The van der Waals surface area contributed by atoms with Crippen LogP contribution in [0.2, 0.25) is 0 Å². The normalized spacial score (nSPS) is 14.0. The monoisotopic (exact) mass is 731 g/mol. The number of aromatic nitrogens is 1. The number of anilines is 1. The molecule has 0 unspecified atom stereocenters. The van der Waals surface area contributed by atoms with Crippen molar-refractivity contribution in [2.24, 2.45) is 0 Å². The lowest BCUT2D eigenvalue weighted by molar-refractivity contribution is -0.914. The van der Waals surface area contributed by atoms with Gasteiger partial charge in [0.2, 0.25) is 5.43 Å². The van der Waals surface area contributed by atoms with E-state index in [1.807, 2.05) is 0 Å². The topological polar surface area (TPSA) is 51.5 Å². The number of hydrogen-bond donors (Lipinski definition) is 0. The Morgan fingerprint density at radius 1 is 0.833 bits per heavy atom. The van der Waals surface area contributed by atoms with E-state index in [-0.39, 0.29) is 51.4 Å². The molecule has 0 spiro atoms. The van der Waals surface area contributed by atoms with Gasteiger partial charge in [0.1, 0.15) is 34.6 Å². The van der Waals surface area contributed by atoms with E-state index < -0.39 is 34.6 Å². The van der Waals surface area contributed by atoms with Crippen LogP contribution in [0.5, 0.6) is 5.75 Å².